The lowest BCUT2D eigenvalue weighted by molar-refractivity contribution is -0.146. The summed E-state index contributed by atoms with van der Waals surface area (Å²) in [5, 5.41) is 0. The zero-order valence-corrected chi connectivity index (χ0v) is 14.7. The molecule has 3 atom stereocenters. The normalized spacial score (nSPS) is 24.4. The van der Waals surface area contributed by atoms with Crippen molar-refractivity contribution >= 4 is 11.8 Å². The third kappa shape index (κ3) is 3.24. The fourth-order valence-electron chi connectivity index (χ4n) is 4.14. The van der Waals surface area contributed by atoms with Gasteiger partial charge in [0.1, 0.15) is 5.78 Å². The van der Waals surface area contributed by atoms with Crippen LogP contribution in [0.1, 0.15) is 47.9 Å². The molecular weight excluding hydrogens is 288 g/mol. The van der Waals surface area contributed by atoms with E-state index in [1.807, 2.05) is 0 Å². The van der Waals surface area contributed by atoms with Gasteiger partial charge in [-0.3, -0.25) is 9.59 Å². The first-order valence-electron chi connectivity index (χ1n) is 8.11. The summed E-state index contributed by atoms with van der Waals surface area (Å²) >= 11 is 0. The molecule has 0 radical (unpaired) electrons. The Hall–Kier alpha value is -1.90. The first kappa shape index (κ1) is 17.5. The van der Waals surface area contributed by atoms with E-state index in [2.05, 4.69) is 39.5 Å². The molecule has 124 valence electrons. The Bertz CT molecular complexity index is 626. The molecule has 1 aliphatic rings. The third-order valence-electron chi connectivity index (χ3n) is 5.06. The summed E-state index contributed by atoms with van der Waals surface area (Å²) in [6.45, 7) is 11.9. The van der Waals surface area contributed by atoms with Gasteiger partial charge in [-0.15, -0.1) is 0 Å². The van der Waals surface area contributed by atoms with Gasteiger partial charge in [0.25, 0.3) is 0 Å². The van der Waals surface area contributed by atoms with E-state index in [9.17, 15) is 9.59 Å². The van der Waals surface area contributed by atoms with Crippen molar-refractivity contribution < 1.29 is 14.3 Å². The summed E-state index contributed by atoms with van der Waals surface area (Å²) in [7, 11) is 1.40. The summed E-state index contributed by atoms with van der Waals surface area (Å²) in [4.78, 5) is 24.7. The molecule has 0 aliphatic heterocycles. The van der Waals surface area contributed by atoms with Gasteiger partial charge in [0, 0.05) is 11.8 Å². The Kier molecular flexibility index (Phi) is 5.08. The van der Waals surface area contributed by atoms with E-state index in [1.54, 1.807) is 6.92 Å². The van der Waals surface area contributed by atoms with Crippen LogP contribution in [0.15, 0.2) is 24.3 Å². The van der Waals surface area contributed by atoms with Crippen LogP contribution in [0.4, 0.5) is 0 Å². The molecule has 1 aliphatic carbocycles. The number of rotatable bonds is 3. The monoisotopic (exact) mass is 314 g/mol. The average Bonchev–Trinajstić information content (AvgIpc) is 2.45. The lowest BCUT2D eigenvalue weighted by Gasteiger charge is -2.39. The van der Waals surface area contributed by atoms with Crippen LogP contribution in [0.2, 0.25) is 0 Å². The van der Waals surface area contributed by atoms with Crippen LogP contribution < -0.4 is 0 Å². The Morgan fingerprint density at radius 3 is 2.22 bits per heavy atom. The van der Waals surface area contributed by atoms with Crippen molar-refractivity contribution in [3.05, 3.63) is 46.5 Å². The van der Waals surface area contributed by atoms with Crippen LogP contribution in [-0.2, 0) is 14.3 Å². The fourth-order valence-corrected chi connectivity index (χ4v) is 4.14. The van der Waals surface area contributed by atoms with Crippen molar-refractivity contribution in [2.24, 2.45) is 11.8 Å². The van der Waals surface area contributed by atoms with Crippen LogP contribution >= 0.6 is 0 Å². The van der Waals surface area contributed by atoms with Crippen molar-refractivity contribution in [3.8, 4) is 0 Å². The van der Waals surface area contributed by atoms with Crippen molar-refractivity contribution in [1.29, 1.82) is 0 Å². The number of carbonyl (C=O) groups excluding carboxylic acids is 2. The number of aryl methyl sites for hydroxylation is 3. The number of ether oxygens (including phenoxy) is 1. The van der Waals surface area contributed by atoms with Gasteiger partial charge in [0.2, 0.25) is 0 Å². The lowest BCUT2D eigenvalue weighted by Crippen LogP contribution is -2.37. The molecular formula is C20H26O3. The molecule has 1 saturated carbocycles. The highest BCUT2D eigenvalue weighted by Crippen LogP contribution is 2.47. The van der Waals surface area contributed by atoms with Gasteiger partial charge >= 0.3 is 5.97 Å². The number of hydrogen-bond acceptors (Lipinski definition) is 3. The molecule has 3 unspecified atom stereocenters. The molecule has 0 bridgehead atoms. The maximum absolute atomic E-state index is 12.4. The quantitative estimate of drug-likeness (QED) is 0.624. The van der Waals surface area contributed by atoms with Crippen LogP contribution in [0.25, 0.3) is 0 Å². The summed E-state index contributed by atoms with van der Waals surface area (Å²) < 4.78 is 5.03. The first-order valence-corrected chi connectivity index (χ1v) is 8.11. The Morgan fingerprint density at radius 2 is 1.74 bits per heavy atom. The second-order valence-corrected chi connectivity index (χ2v) is 6.75. The number of hydrogen-bond donors (Lipinski definition) is 0. The van der Waals surface area contributed by atoms with Gasteiger partial charge in [-0.05, 0) is 57.2 Å². The number of Topliss-reactive ketones (excluding diaryl/α,β-unsaturated/α-hetero) is 1. The van der Waals surface area contributed by atoms with E-state index in [1.165, 1.54) is 12.7 Å². The molecule has 0 spiro atoms. The number of ketones is 1. The molecule has 23 heavy (non-hydrogen) atoms. The van der Waals surface area contributed by atoms with Gasteiger partial charge in [-0.1, -0.05) is 29.8 Å². The second kappa shape index (κ2) is 6.69. The predicted octanol–water partition coefficient (Wildman–Crippen LogP) is 4.04. The van der Waals surface area contributed by atoms with Crippen molar-refractivity contribution in [2.75, 3.05) is 7.11 Å². The van der Waals surface area contributed by atoms with Crippen LogP contribution in [0.3, 0.4) is 0 Å². The summed E-state index contributed by atoms with van der Waals surface area (Å²) in [5.41, 5.74) is 5.42. The molecule has 0 aromatic heterocycles. The summed E-state index contributed by atoms with van der Waals surface area (Å²) in [5.74, 6) is -0.935. The highest BCUT2D eigenvalue weighted by molar-refractivity contribution is 5.84. The summed E-state index contributed by atoms with van der Waals surface area (Å²) in [6.07, 6.45) is 1.45. The molecule has 2 rings (SSSR count). The van der Waals surface area contributed by atoms with E-state index in [0.717, 1.165) is 28.7 Å². The highest BCUT2D eigenvalue weighted by atomic mass is 16.5. The molecule has 0 heterocycles. The first-order chi connectivity index (χ1) is 10.8. The Morgan fingerprint density at radius 1 is 1.17 bits per heavy atom. The van der Waals surface area contributed by atoms with E-state index < -0.39 is 5.92 Å². The SMILES string of the molecule is C=C1CCC(C(C)=O)C(c2c(C)cc(C)cc2C)C1C(=O)OC. The van der Waals surface area contributed by atoms with Crippen LogP contribution in [0, 0.1) is 32.6 Å². The van der Waals surface area contributed by atoms with Crippen molar-refractivity contribution in [2.45, 2.75) is 46.5 Å². The lowest BCUT2D eigenvalue weighted by atomic mass is 9.64. The number of esters is 1. The minimum atomic E-state index is -0.442. The molecule has 1 aromatic rings. The zero-order chi connectivity index (χ0) is 17.3. The van der Waals surface area contributed by atoms with Crippen LogP contribution in [-0.4, -0.2) is 18.9 Å². The minimum absolute atomic E-state index is 0.135. The van der Waals surface area contributed by atoms with Gasteiger partial charge in [0.15, 0.2) is 0 Å². The molecule has 3 heteroatoms. The van der Waals surface area contributed by atoms with Crippen molar-refractivity contribution in [3.63, 3.8) is 0 Å². The average molecular weight is 314 g/mol. The van der Waals surface area contributed by atoms with Gasteiger partial charge in [0.05, 0.1) is 13.0 Å². The molecule has 0 N–H and O–H groups in total. The van der Waals surface area contributed by atoms with Crippen LogP contribution in [0.5, 0.6) is 0 Å². The smallest absolute Gasteiger partial charge is 0.313 e. The number of benzene rings is 1. The van der Waals surface area contributed by atoms with E-state index in [0.29, 0.717) is 6.42 Å². The van der Waals surface area contributed by atoms with Gasteiger partial charge in [-0.2, -0.15) is 0 Å². The second-order valence-electron chi connectivity index (χ2n) is 6.75. The molecule has 0 amide bonds. The fraction of sp³-hybridized carbons (Fsp3) is 0.500. The molecule has 0 saturated heterocycles. The maximum Gasteiger partial charge on any atom is 0.313 e. The third-order valence-corrected chi connectivity index (χ3v) is 5.06. The van der Waals surface area contributed by atoms with E-state index in [-0.39, 0.29) is 23.6 Å². The number of carbonyl (C=O) groups is 2. The Labute approximate surface area is 138 Å². The highest BCUT2D eigenvalue weighted by Gasteiger charge is 2.44. The largest absolute Gasteiger partial charge is 0.469 e. The maximum atomic E-state index is 12.4. The van der Waals surface area contributed by atoms with E-state index >= 15 is 0 Å². The Balaban J connectivity index is 2.65. The topological polar surface area (TPSA) is 43.4 Å². The van der Waals surface area contributed by atoms with Gasteiger partial charge < -0.3 is 4.74 Å². The molecule has 3 nitrogen and oxygen atoms in total. The van der Waals surface area contributed by atoms with Gasteiger partial charge in [-0.25, -0.2) is 0 Å². The number of methoxy groups -OCH3 is 1. The summed E-state index contributed by atoms with van der Waals surface area (Å²) in [6, 6.07) is 4.23. The van der Waals surface area contributed by atoms with Crippen molar-refractivity contribution in [1.82, 2.24) is 0 Å². The predicted molar refractivity (Wildman–Crippen MR) is 91.4 cm³/mol. The minimum Gasteiger partial charge on any atom is -0.469 e. The molecule has 1 aromatic carbocycles. The van der Waals surface area contributed by atoms with E-state index in [4.69, 9.17) is 4.74 Å². The zero-order valence-electron chi connectivity index (χ0n) is 14.7. The standard InChI is InChI=1S/C20H26O3/c1-11-9-13(3)17(14(4)10-11)19-16(15(5)21)8-7-12(2)18(19)20(22)23-6/h9-10,16,18-19H,2,7-8H2,1,3-6H3. The molecule has 1 fully saturated rings.